The lowest BCUT2D eigenvalue weighted by atomic mass is 9.99. The van der Waals surface area contributed by atoms with Crippen LogP contribution in [-0.4, -0.2) is 33.3 Å². The number of nitrogens with zero attached hydrogens (tertiary/aromatic N) is 1. The third-order valence-corrected chi connectivity index (χ3v) is 2.84. The number of hydrogen-bond acceptors (Lipinski definition) is 4. The zero-order valence-corrected chi connectivity index (χ0v) is 9.47. The topological polar surface area (TPSA) is 38.8 Å². The van der Waals surface area contributed by atoms with E-state index in [1.165, 1.54) is 7.11 Å². The maximum Gasteiger partial charge on any atom is 0.312 e. The molecule has 0 saturated carbocycles. The molecule has 1 aliphatic heterocycles. The van der Waals surface area contributed by atoms with Crippen molar-refractivity contribution < 1.29 is 14.3 Å². The highest BCUT2D eigenvalue weighted by molar-refractivity contribution is 5.77. The minimum atomic E-state index is -0.133. The molecule has 16 heavy (non-hydrogen) atoms. The van der Waals surface area contributed by atoms with Crippen LogP contribution in [0.5, 0.6) is 5.75 Å². The molecule has 1 fully saturated rings. The van der Waals surface area contributed by atoms with Crippen LogP contribution in [0.25, 0.3) is 0 Å². The van der Waals surface area contributed by atoms with Gasteiger partial charge in [-0.25, -0.2) is 0 Å². The predicted molar refractivity (Wildman–Crippen MR) is 60.7 cm³/mol. The SMILES string of the molecule is COC(=O)C1CN(c2ccccc2OC)C1. The molecule has 0 atom stereocenters. The van der Waals surface area contributed by atoms with Gasteiger partial charge in [0.25, 0.3) is 0 Å². The second-order valence-corrected chi connectivity index (χ2v) is 3.80. The third kappa shape index (κ3) is 1.83. The summed E-state index contributed by atoms with van der Waals surface area (Å²) in [5.74, 6) is 0.701. The summed E-state index contributed by atoms with van der Waals surface area (Å²) < 4.78 is 9.96. The fourth-order valence-corrected chi connectivity index (χ4v) is 1.88. The van der Waals surface area contributed by atoms with E-state index in [-0.39, 0.29) is 11.9 Å². The summed E-state index contributed by atoms with van der Waals surface area (Å²) in [6.45, 7) is 1.40. The Morgan fingerprint density at radius 2 is 2.00 bits per heavy atom. The van der Waals surface area contributed by atoms with E-state index < -0.39 is 0 Å². The Morgan fingerprint density at radius 3 is 2.62 bits per heavy atom. The number of ether oxygens (including phenoxy) is 2. The van der Waals surface area contributed by atoms with E-state index in [1.54, 1.807) is 7.11 Å². The number of methoxy groups -OCH3 is 2. The Bertz CT molecular complexity index is 386. The molecule has 0 spiro atoms. The van der Waals surface area contributed by atoms with Crippen molar-refractivity contribution in [3.05, 3.63) is 24.3 Å². The third-order valence-electron chi connectivity index (χ3n) is 2.84. The van der Waals surface area contributed by atoms with Gasteiger partial charge in [0.05, 0.1) is 25.8 Å². The van der Waals surface area contributed by atoms with Crippen molar-refractivity contribution in [1.82, 2.24) is 0 Å². The molecule has 1 aliphatic rings. The molecule has 1 aromatic carbocycles. The molecule has 0 unspecified atom stereocenters. The van der Waals surface area contributed by atoms with Gasteiger partial charge in [0.15, 0.2) is 0 Å². The Labute approximate surface area is 94.8 Å². The quantitative estimate of drug-likeness (QED) is 0.721. The normalized spacial score (nSPS) is 15.5. The van der Waals surface area contributed by atoms with Gasteiger partial charge in [0.1, 0.15) is 5.75 Å². The van der Waals surface area contributed by atoms with Crippen LogP contribution in [0.4, 0.5) is 5.69 Å². The summed E-state index contributed by atoms with van der Waals surface area (Å²) >= 11 is 0. The predicted octanol–water partition coefficient (Wildman–Crippen LogP) is 1.30. The molecule has 0 N–H and O–H groups in total. The summed E-state index contributed by atoms with van der Waals surface area (Å²) in [6.07, 6.45) is 0. The average Bonchev–Trinajstić information content (AvgIpc) is 2.27. The molecule has 4 nitrogen and oxygen atoms in total. The van der Waals surface area contributed by atoms with E-state index in [1.807, 2.05) is 24.3 Å². The van der Waals surface area contributed by atoms with E-state index in [0.29, 0.717) is 13.1 Å². The highest BCUT2D eigenvalue weighted by Gasteiger charge is 2.34. The minimum absolute atomic E-state index is 0.00471. The number of carbonyl (C=O) groups is 1. The van der Waals surface area contributed by atoms with Crippen LogP contribution in [0.15, 0.2) is 24.3 Å². The van der Waals surface area contributed by atoms with Crippen LogP contribution in [0.1, 0.15) is 0 Å². The number of anilines is 1. The zero-order chi connectivity index (χ0) is 11.5. The number of carbonyl (C=O) groups excluding carboxylic acids is 1. The first-order valence-electron chi connectivity index (χ1n) is 5.22. The summed E-state index contributed by atoms with van der Waals surface area (Å²) in [4.78, 5) is 13.4. The Morgan fingerprint density at radius 1 is 1.31 bits per heavy atom. The monoisotopic (exact) mass is 221 g/mol. The molecule has 1 saturated heterocycles. The van der Waals surface area contributed by atoms with Gasteiger partial charge in [-0.05, 0) is 12.1 Å². The van der Waals surface area contributed by atoms with E-state index in [2.05, 4.69) is 4.90 Å². The van der Waals surface area contributed by atoms with Gasteiger partial charge in [-0.3, -0.25) is 4.79 Å². The maximum atomic E-state index is 11.2. The van der Waals surface area contributed by atoms with Crippen LogP contribution in [-0.2, 0) is 9.53 Å². The van der Waals surface area contributed by atoms with Gasteiger partial charge in [0.2, 0.25) is 0 Å². The molecule has 4 heteroatoms. The van der Waals surface area contributed by atoms with Crippen LogP contribution >= 0.6 is 0 Å². The van der Waals surface area contributed by atoms with Crippen molar-refractivity contribution in [3.63, 3.8) is 0 Å². The molecule has 0 radical (unpaired) electrons. The first-order valence-corrected chi connectivity index (χ1v) is 5.22. The molecule has 0 bridgehead atoms. The van der Waals surface area contributed by atoms with Crippen molar-refractivity contribution in [1.29, 1.82) is 0 Å². The molecule has 2 rings (SSSR count). The summed E-state index contributed by atoms with van der Waals surface area (Å²) in [6, 6.07) is 7.80. The highest BCUT2D eigenvalue weighted by atomic mass is 16.5. The molecular weight excluding hydrogens is 206 g/mol. The number of esters is 1. The van der Waals surface area contributed by atoms with Crippen molar-refractivity contribution >= 4 is 11.7 Å². The molecule has 0 aliphatic carbocycles. The molecule has 0 amide bonds. The average molecular weight is 221 g/mol. The van der Waals surface area contributed by atoms with Crippen LogP contribution in [0, 0.1) is 5.92 Å². The fourth-order valence-electron chi connectivity index (χ4n) is 1.88. The number of benzene rings is 1. The Balaban J connectivity index is 2.03. The van der Waals surface area contributed by atoms with Gasteiger partial charge < -0.3 is 14.4 Å². The molecule has 0 aromatic heterocycles. The largest absolute Gasteiger partial charge is 0.495 e. The second kappa shape index (κ2) is 4.43. The maximum absolute atomic E-state index is 11.2. The van der Waals surface area contributed by atoms with Crippen LogP contribution < -0.4 is 9.64 Å². The van der Waals surface area contributed by atoms with Gasteiger partial charge in [-0.2, -0.15) is 0 Å². The smallest absolute Gasteiger partial charge is 0.312 e. The summed E-state index contributed by atoms with van der Waals surface area (Å²) in [5.41, 5.74) is 1.03. The van der Waals surface area contributed by atoms with Crippen LogP contribution in [0.3, 0.4) is 0 Å². The summed E-state index contributed by atoms with van der Waals surface area (Å²) in [7, 11) is 3.07. The lowest BCUT2D eigenvalue weighted by Gasteiger charge is -2.39. The second-order valence-electron chi connectivity index (χ2n) is 3.80. The standard InChI is InChI=1S/C12H15NO3/c1-15-11-6-4-3-5-10(11)13-7-9(8-13)12(14)16-2/h3-6,9H,7-8H2,1-2H3. The van der Waals surface area contributed by atoms with Crippen molar-refractivity contribution in [2.75, 3.05) is 32.2 Å². The summed E-state index contributed by atoms with van der Waals surface area (Å²) in [5, 5.41) is 0. The van der Waals surface area contributed by atoms with Gasteiger partial charge in [0, 0.05) is 13.1 Å². The van der Waals surface area contributed by atoms with Crippen molar-refractivity contribution in [2.45, 2.75) is 0 Å². The molecular formula is C12H15NO3. The first kappa shape index (κ1) is 10.8. The zero-order valence-electron chi connectivity index (χ0n) is 9.47. The minimum Gasteiger partial charge on any atom is -0.495 e. The Kier molecular flexibility index (Phi) is 2.99. The van der Waals surface area contributed by atoms with Crippen LogP contribution in [0.2, 0.25) is 0 Å². The van der Waals surface area contributed by atoms with E-state index >= 15 is 0 Å². The molecule has 1 heterocycles. The fraction of sp³-hybridized carbons (Fsp3) is 0.417. The van der Waals surface area contributed by atoms with E-state index in [4.69, 9.17) is 9.47 Å². The molecule has 86 valence electrons. The molecule has 1 aromatic rings. The lowest BCUT2D eigenvalue weighted by Crippen LogP contribution is -2.51. The van der Waals surface area contributed by atoms with E-state index in [9.17, 15) is 4.79 Å². The van der Waals surface area contributed by atoms with E-state index in [0.717, 1.165) is 11.4 Å². The van der Waals surface area contributed by atoms with Crippen molar-refractivity contribution in [2.24, 2.45) is 5.92 Å². The number of rotatable bonds is 3. The number of para-hydroxylation sites is 2. The van der Waals surface area contributed by atoms with Gasteiger partial charge in [-0.1, -0.05) is 12.1 Å². The van der Waals surface area contributed by atoms with Gasteiger partial charge >= 0.3 is 5.97 Å². The van der Waals surface area contributed by atoms with Crippen molar-refractivity contribution in [3.8, 4) is 5.75 Å². The number of hydrogen-bond donors (Lipinski definition) is 0. The first-order chi connectivity index (χ1) is 7.76. The lowest BCUT2D eigenvalue weighted by molar-refractivity contribution is -0.146. The highest BCUT2D eigenvalue weighted by Crippen LogP contribution is 2.33. The van der Waals surface area contributed by atoms with Gasteiger partial charge in [-0.15, -0.1) is 0 Å². The Hall–Kier alpha value is -1.71.